The Balaban J connectivity index is 1.36. The van der Waals surface area contributed by atoms with Crippen molar-refractivity contribution in [3.8, 4) is 0 Å². The number of nitrogens with one attached hydrogen (secondary N) is 1. The van der Waals surface area contributed by atoms with Gasteiger partial charge in [-0.2, -0.15) is 0 Å². The van der Waals surface area contributed by atoms with Gasteiger partial charge in [-0.1, -0.05) is 0 Å². The molecule has 162 valence electrons. The molecular formula is C22H29N3O5. The molecule has 3 aliphatic rings. The minimum atomic E-state index is -0.446. The van der Waals surface area contributed by atoms with Gasteiger partial charge in [-0.05, 0) is 56.9 Å². The van der Waals surface area contributed by atoms with E-state index in [9.17, 15) is 14.4 Å². The van der Waals surface area contributed by atoms with E-state index in [2.05, 4.69) is 10.2 Å². The first kappa shape index (κ1) is 20.5. The number of esters is 1. The summed E-state index contributed by atoms with van der Waals surface area (Å²) in [5.41, 5.74) is 1.37. The standard InChI is InChI=1S/C22H29N3O5/c1-13(26)23-9-16-12-29-21(28)25(16)15-7-5-14(6-8-15)24-10-17-18(11-24)19(17)20(27)30-22(2,3)4/h5-8,16-19H,9-12H2,1-4H3,(H,23,26)/t16-,17-,18+,19?/m0/s1. The van der Waals surface area contributed by atoms with Crippen LogP contribution in [-0.4, -0.2) is 55.9 Å². The largest absolute Gasteiger partial charge is 0.460 e. The average Bonchev–Trinajstić information content (AvgIpc) is 2.97. The van der Waals surface area contributed by atoms with Gasteiger partial charge in [0.25, 0.3) is 0 Å². The van der Waals surface area contributed by atoms with Gasteiger partial charge in [0.15, 0.2) is 0 Å². The van der Waals surface area contributed by atoms with Crippen molar-refractivity contribution in [2.45, 2.75) is 39.3 Å². The Morgan fingerprint density at radius 1 is 1.13 bits per heavy atom. The molecule has 2 heterocycles. The van der Waals surface area contributed by atoms with Crippen molar-refractivity contribution >= 4 is 29.3 Å². The van der Waals surface area contributed by atoms with Gasteiger partial charge in [0.1, 0.15) is 12.2 Å². The zero-order valence-electron chi connectivity index (χ0n) is 17.9. The minimum absolute atomic E-state index is 0.0219. The lowest BCUT2D eigenvalue weighted by molar-refractivity contribution is -0.157. The molecule has 2 aliphatic heterocycles. The Morgan fingerprint density at radius 3 is 2.30 bits per heavy atom. The lowest BCUT2D eigenvalue weighted by Gasteiger charge is -2.25. The van der Waals surface area contributed by atoms with Crippen molar-refractivity contribution < 1.29 is 23.9 Å². The fraction of sp³-hybridized carbons (Fsp3) is 0.591. The summed E-state index contributed by atoms with van der Waals surface area (Å²) in [5.74, 6) is 0.520. The number of amides is 2. The number of cyclic esters (lactones) is 1. The SMILES string of the molecule is CC(=O)NC[C@H]1COC(=O)N1c1ccc(N2C[C@@H]3C(C(=O)OC(C)(C)C)[C@@H]3C2)cc1. The summed E-state index contributed by atoms with van der Waals surface area (Å²) in [7, 11) is 0. The molecule has 4 atom stereocenters. The summed E-state index contributed by atoms with van der Waals surface area (Å²) < 4.78 is 10.7. The smallest absolute Gasteiger partial charge is 0.414 e. The number of carbonyl (C=O) groups is 3. The van der Waals surface area contributed by atoms with Crippen LogP contribution >= 0.6 is 0 Å². The molecule has 8 nitrogen and oxygen atoms in total. The van der Waals surface area contributed by atoms with Crippen molar-refractivity contribution in [1.29, 1.82) is 0 Å². The van der Waals surface area contributed by atoms with Crippen molar-refractivity contribution in [3.63, 3.8) is 0 Å². The second-order valence-corrected chi connectivity index (χ2v) is 9.35. The molecule has 1 N–H and O–H groups in total. The molecule has 8 heteroatoms. The number of piperidine rings is 1. The molecule has 1 aromatic carbocycles. The number of nitrogens with zero attached hydrogens (tertiary/aromatic N) is 2. The fourth-order valence-electron chi connectivity index (χ4n) is 4.47. The Hall–Kier alpha value is -2.77. The van der Waals surface area contributed by atoms with E-state index in [-0.39, 0.29) is 30.4 Å². The molecular weight excluding hydrogens is 386 g/mol. The summed E-state index contributed by atoms with van der Waals surface area (Å²) in [5, 5.41) is 2.74. The monoisotopic (exact) mass is 415 g/mol. The highest BCUT2D eigenvalue weighted by Gasteiger charge is 2.60. The van der Waals surface area contributed by atoms with Crippen molar-refractivity contribution in [2.75, 3.05) is 36.0 Å². The van der Waals surface area contributed by atoms with Crippen molar-refractivity contribution in [3.05, 3.63) is 24.3 Å². The number of rotatable bonds is 5. The number of carbonyl (C=O) groups excluding carboxylic acids is 3. The third kappa shape index (κ3) is 4.08. The molecule has 3 fully saturated rings. The van der Waals surface area contributed by atoms with Crippen LogP contribution in [0.5, 0.6) is 0 Å². The summed E-state index contributed by atoms with van der Waals surface area (Å²) in [6, 6.07) is 7.56. The van der Waals surface area contributed by atoms with Gasteiger partial charge < -0.3 is 19.7 Å². The topological polar surface area (TPSA) is 88.2 Å². The molecule has 1 saturated carbocycles. The third-order valence-electron chi connectivity index (χ3n) is 5.91. The predicted molar refractivity (Wildman–Crippen MR) is 111 cm³/mol. The van der Waals surface area contributed by atoms with Crippen LogP contribution in [0.15, 0.2) is 24.3 Å². The predicted octanol–water partition coefficient (Wildman–Crippen LogP) is 2.17. The van der Waals surface area contributed by atoms with Crippen molar-refractivity contribution in [2.24, 2.45) is 17.8 Å². The van der Waals surface area contributed by atoms with Gasteiger partial charge in [0, 0.05) is 37.9 Å². The van der Waals surface area contributed by atoms with Crippen LogP contribution in [0.25, 0.3) is 0 Å². The summed E-state index contributed by atoms with van der Waals surface area (Å²) >= 11 is 0. The lowest BCUT2D eigenvalue weighted by Crippen LogP contribution is -2.42. The van der Waals surface area contributed by atoms with Crippen LogP contribution in [0, 0.1) is 17.8 Å². The van der Waals surface area contributed by atoms with Crippen LogP contribution in [0.2, 0.25) is 0 Å². The molecule has 30 heavy (non-hydrogen) atoms. The number of benzene rings is 1. The van der Waals surface area contributed by atoms with Crippen LogP contribution in [0.4, 0.5) is 16.2 Å². The molecule has 0 bridgehead atoms. The Morgan fingerprint density at radius 2 is 1.73 bits per heavy atom. The first-order valence-electron chi connectivity index (χ1n) is 10.4. The maximum Gasteiger partial charge on any atom is 0.414 e. The summed E-state index contributed by atoms with van der Waals surface area (Å²) in [6.07, 6.45) is -0.402. The molecule has 1 aromatic rings. The lowest BCUT2D eigenvalue weighted by atomic mass is 10.1. The van der Waals surface area contributed by atoms with Crippen LogP contribution in [0.1, 0.15) is 27.7 Å². The molecule has 1 unspecified atom stereocenters. The first-order valence-corrected chi connectivity index (χ1v) is 10.4. The van der Waals surface area contributed by atoms with Gasteiger partial charge >= 0.3 is 12.1 Å². The van der Waals surface area contributed by atoms with Gasteiger partial charge in [-0.15, -0.1) is 0 Å². The molecule has 4 rings (SSSR count). The maximum atomic E-state index is 12.3. The van der Waals surface area contributed by atoms with Crippen molar-refractivity contribution in [1.82, 2.24) is 5.32 Å². The highest BCUT2D eigenvalue weighted by Crippen LogP contribution is 2.53. The second kappa shape index (κ2) is 7.49. The third-order valence-corrected chi connectivity index (χ3v) is 5.91. The average molecular weight is 415 g/mol. The van der Waals surface area contributed by atoms with E-state index in [0.29, 0.717) is 18.4 Å². The fourth-order valence-corrected chi connectivity index (χ4v) is 4.47. The highest BCUT2D eigenvalue weighted by atomic mass is 16.6. The number of hydrogen-bond acceptors (Lipinski definition) is 6. The second-order valence-electron chi connectivity index (χ2n) is 9.35. The number of hydrogen-bond donors (Lipinski definition) is 1. The highest BCUT2D eigenvalue weighted by molar-refractivity contribution is 5.90. The molecule has 2 saturated heterocycles. The molecule has 0 spiro atoms. The Bertz CT molecular complexity index is 835. The molecule has 0 radical (unpaired) electrons. The van der Waals surface area contributed by atoms with Gasteiger partial charge in [-0.3, -0.25) is 14.5 Å². The number of anilines is 2. The first-order chi connectivity index (χ1) is 14.1. The van der Waals surface area contributed by atoms with Crippen LogP contribution in [0.3, 0.4) is 0 Å². The van der Waals surface area contributed by atoms with Gasteiger partial charge in [0.05, 0.1) is 12.0 Å². The van der Waals surface area contributed by atoms with E-state index >= 15 is 0 Å². The van der Waals surface area contributed by atoms with Crippen LogP contribution in [-0.2, 0) is 19.1 Å². The zero-order chi connectivity index (χ0) is 21.6. The van der Waals surface area contributed by atoms with Crippen LogP contribution < -0.4 is 15.1 Å². The minimum Gasteiger partial charge on any atom is -0.460 e. The Kier molecular flexibility index (Phi) is 5.11. The van der Waals surface area contributed by atoms with Gasteiger partial charge in [-0.25, -0.2) is 4.79 Å². The summed E-state index contributed by atoms with van der Waals surface area (Å²) in [4.78, 5) is 39.5. The van der Waals surface area contributed by atoms with E-state index in [4.69, 9.17) is 9.47 Å². The zero-order valence-corrected chi connectivity index (χ0v) is 17.9. The van der Waals surface area contributed by atoms with E-state index < -0.39 is 11.7 Å². The molecule has 0 aromatic heterocycles. The summed E-state index contributed by atoms with van der Waals surface area (Å²) in [6.45, 7) is 9.42. The molecule has 1 aliphatic carbocycles. The van der Waals surface area contributed by atoms with E-state index in [1.165, 1.54) is 6.92 Å². The normalized spacial score (nSPS) is 27.5. The number of ether oxygens (including phenoxy) is 2. The molecule has 2 amide bonds. The number of fused-ring (bicyclic) bond motifs is 1. The Labute approximate surface area is 176 Å². The quantitative estimate of drug-likeness (QED) is 0.742. The van der Waals surface area contributed by atoms with E-state index in [0.717, 1.165) is 24.5 Å². The van der Waals surface area contributed by atoms with E-state index in [1.807, 2.05) is 45.0 Å². The van der Waals surface area contributed by atoms with E-state index in [1.54, 1.807) is 4.90 Å². The maximum absolute atomic E-state index is 12.3. The van der Waals surface area contributed by atoms with Gasteiger partial charge in [0.2, 0.25) is 5.91 Å².